The van der Waals surface area contributed by atoms with Crippen molar-refractivity contribution in [3.63, 3.8) is 0 Å². The van der Waals surface area contributed by atoms with Crippen molar-refractivity contribution < 1.29 is 9.53 Å². The fraction of sp³-hybridized carbons (Fsp3) is 0.400. The van der Waals surface area contributed by atoms with Crippen molar-refractivity contribution in [2.45, 2.75) is 32.8 Å². The molecule has 0 aliphatic rings. The normalized spacial score (nSPS) is 11.8. The Morgan fingerprint density at radius 3 is 2.70 bits per heavy atom. The van der Waals surface area contributed by atoms with E-state index in [0.29, 0.717) is 18.0 Å². The maximum atomic E-state index is 12.3. The van der Waals surface area contributed by atoms with Crippen LogP contribution < -0.4 is 5.73 Å². The Labute approximate surface area is 123 Å². The number of hydrogen-bond donors (Lipinski definition) is 1. The van der Waals surface area contributed by atoms with Crippen LogP contribution in [0.4, 0.5) is 4.79 Å². The van der Waals surface area contributed by atoms with Gasteiger partial charge in [-0.2, -0.15) is 0 Å². The zero-order chi connectivity index (χ0) is 14.9. The number of hydrogen-bond acceptors (Lipinski definition) is 3. The van der Waals surface area contributed by atoms with Gasteiger partial charge in [0.1, 0.15) is 5.60 Å². The summed E-state index contributed by atoms with van der Waals surface area (Å²) in [5, 5.41) is 1.48. The highest BCUT2D eigenvalue weighted by atomic mass is 35.5. The summed E-state index contributed by atoms with van der Waals surface area (Å²) in [4.78, 5) is 12.3. The molecule has 20 heavy (non-hydrogen) atoms. The SMILES string of the molecule is CC(C)(C)OC(=O)n1cc(CCN)c2c(Cl)cccc21. The van der Waals surface area contributed by atoms with E-state index in [9.17, 15) is 4.79 Å². The van der Waals surface area contributed by atoms with Gasteiger partial charge in [0, 0.05) is 11.6 Å². The molecule has 0 fully saturated rings. The van der Waals surface area contributed by atoms with Crippen LogP contribution in [-0.4, -0.2) is 22.8 Å². The van der Waals surface area contributed by atoms with E-state index >= 15 is 0 Å². The number of nitrogens with two attached hydrogens (primary N) is 1. The molecule has 4 nitrogen and oxygen atoms in total. The van der Waals surface area contributed by atoms with Gasteiger partial charge in [0.25, 0.3) is 0 Å². The Kier molecular flexibility index (Phi) is 4.06. The first-order valence-corrected chi connectivity index (χ1v) is 6.93. The van der Waals surface area contributed by atoms with E-state index in [4.69, 9.17) is 22.1 Å². The summed E-state index contributed by atoms with van der Waals surface area (Å²) >= 11 is 6.24. The summed E-state index contributed by atoms with van der Waals surface area (Å²) < 4.78 is 6.91. The molecule has 2 N–H and O–H groups in total. The number of benzene rings is 1. The minimum atomic E-state index is -0.541. The maximum Gasteiger partial charge on any atom is 0.419 e. The van der Waals surface area contributed by atoms with Gasteiger partial charge in [-0.25, -0.2) is 4.79 Å². The van der Waals surface area contributed by atoms with Crippen molar-refractivity contribution in [3.05, 3.63) is 35.0 Å². The third-order valence-electron chi connectivity index (χ3n) is 2.86. The second-order valence-electron chi connectivity index (χ2n) is 5.68. The molecule has 1 aromatic carbocycles. The molecule has 0 aliphatic carbocycles. The third kappa shape index (κ3) is 2.97. The Balaban J connectivity index is 2.54. The monoisotopic (exact) mass is 294 g/mol. The summed E-state index contributed by atoms with van der Waals surface area (Å²) in [5.74, 6) is 0. The maximum absolute atomic E-state index is 12.3. The molecule has 0 spiro atoms. The second kappa shape index (κ2) is 5.46. The first kappa shape index (κ1) is 14.9. The number of aromatic nitrogens is 1. The fourth-order valence-electron chi connectivity index (χ4n) is 2.13. The lowest BCUT2D eigenvalue weighted by atomic mass is 10.1. The average molecular weight is 295 g/mol. The third-order valence-corrected chi connectivity index (χ3v) is 3.18. The summed E-state index contributed by atoms with van der Waals surface area (Å²) in [6, 6.07) is 5.48. The van der Waals surface area contributed by atoms with Crippen molar-refractivity contribution in [2.24, 2.45) is 5.73 Å². The van der Waals surface area contributed by atoms with E-state index in [1.54, 1.807) is 6.20 Å². The fourth-order valence-corrected chi connectivity index (χ4v) is 2.42. The molecule has 0 bridgehead atoms. The first-order valence-electron chi connectivity index (χ1n) is 6.55. The standard InChI is InChI=1S/C15H19ClN2O2/c1-15(2,3)20-14(19)18-9-10(7-8-17)13-11(16)5-4-6-12(13)18/h4-6,9H,7-8,17H2,1-3H3. The highest BCUT2D eigenvalue weighted by molar-refractivity contribution is 6.35. The lowest BCUT2D eigenvalue weighted by Crippen LogP contribution is -2.26. The van der Waals surface area contributed by atoms with Crippen molar-refractivity contribution in [1.82, 2.24) is 4.57 Å². The van der Waals surface area contributed by atoms with Gasteiger partial charge in [0.05, 0.1) is 10.5 Å². The van der Waals surface area contributed by atoms with Crippen LogP contribution in [0.2, 0.25) is 5.02 Å². The van der Waals surface area contributed by atoms with Crippen LogP contribution in [0, 0.1) is 0 Å². The molecule has 1 heterocycles. The highest BCUT2D eigenvalue weighted by Crippen LogP contribution is 2.29. The number of halogens is 1. The molecular weight excluding hydrogens is 276 g/mol. The summed E-state index contributed by atoms with van der Waals surface area (Å²) in [6.45, 7) is 6.01. The molecule has 1 aromatic heterocycles. The number of rotatable bonds is 2. The van der Waals surface area contributed by atoms with Crippen LogP contribution in [0.1, 0.15) is 26.3 Å². The van der Waals surface area contributed by atoms with E-state index in [2.05, 4.69) is 0 Å². The minimum Gasteiger partial charge on any atom is -0.443 e. The molecule has 0 atom stereocenters. The Morgan fingerprint density at radius 1 is 1.40 bits per heavy atom. The highest BCUT2D eigenvalue weighted by Gasteiger charge is 2.21. The molecule has 108 valence electrons. The topological polar surface area (TPSA) is 57.2 Å². The van der Waals surface area contributed by atoms with Crippen LogP contribution in [0.3, 0.4) is 0 Å². The molecule has 0 saturated heterocycles. The number of nitrogens with zero attached hydrogens (tertiary/aromatic N) is 1. The molecule has 0 amide bonds. The number of carbonyl (C=O) groups excluding carboxylic acids is 1. The minimum absolute atomic E-state index is 0.409. The Bertz CT molecular complexity index is 641. The van der Waals surface area contributed by atoms with E-state index in [1.807, 2.05) is 39.0 Å². The van der Waals surface area contributed by atoms with Gasteiger partial charge in [0.15, 0.2) is 0 Å². The number of fused-ring (bicyclic) bond motifs is 1. The molecule has 2 aromatic rings. The number of carbonyl (C=O) groups is 1. The van der Waals surface area contributed by atoms with Gasteiger partial charge in [0.2, 0.25) is 0 Å². The smallest absolute Gasteiger partial charge is 0.419 e. The van der Waals surface area contributed by atoms with Crippen LogP contribution in [0.25, 0.3) is 10.9 Å². The molecule has 0 saturated carbocycles. The van der Waals surface area contributed by atoms with Crippen molar-refractivity contribution >= 4 is 28.6 Å². The van der Waals surface area contributed by atoms with E-state index in [1.165, 1.54) is 4.57 Å². The van der Waals surface area contributed by atoms with Gasteiger partial charge in [-0.1, -0.05) is 17.7 Å². The summed E-state index contributed by atoms with van der Waals surface area (Å²) in [5.41, 5.74) is 6.78. The van der Waals surface area contributed by atoms with E-state index < -0.39 is 11.7 Å². The van der Waals surface area contributed by atoms with Gasteiger partial charge in [-0.05, 0) is 51.4 Å². The van der Waals surface area contributed by atoms with E-state index in [0.717, 1.165) is 16.5 Å². The van der Waals surface area contributed by atoms with Gasteiger partial charge in [-0.3, -0.25) is 4.57 Å². The van der Waals surface area contributed by atoms with Gasteiger partial charge >= 0.3 is 6.09 Å². The van der Waals surface area contributed by atoms with Crippen LogP contribution >= 0.6 is 11.6 Å². The number of ether oxygens (including phenoxy) is 1. The van der Waals surface area contributed by atoms with Gasteiger partial charge in [-0.15, -0.1) is 0 Å². The lowest BCUT2D eigenvalue weighted by Gasteiger charge is -2.19. The van der Waals surface area contributed by atoms with Crippen LogP contribution in [0.5, 0.6) is 0 Å². The lowest BCUT2D eigenvalue weighted by molar-refractivity contribution is 0.0544. The molecule has 2 rings (SSSR count). The zero-order valence-electron chi connectivity index (χ0n) is 11.9. The van der Waals surface area contributed by atoms with Crippen molar-refractivity contribution in [1.29, 1.82) is 0 Å². The predicted octanol–water partition coefficient (Wildman–Crippen LogP) is 3.58. The second-order valence-corrected chi connectivity index (χ2v) is 6.08. The van der Waals surface area contributed by atoms with Crippen molar-refractivity contribution in [3.8, 4) is 0 Å². The molecule has 0 unspecified atom stereocenters. The molecule has 0 radical (unpaired) electrons. The predicted molar refractivity (Wildman–Crippen MR) is 81.3 cm³/mol. The summed E-state index contributed by atoms with van der Waals surface area (Å²) in [7, 11) is 0. The average Bonchev–Trinajstić information content (AvgIpc) is 2.68. The zero-order valence-corrected chi connectivity index (χ0v) is 12.7. The molecular formula is C15H19ClN2O2. The van der Waals surface area contributed by atoms with Crippen molar-refractivity contribution in [2.75, 3.05) is 6.54 Å². The first-order chi connectivity index (χ1) is 9.33. The van der Waals surface area contributed by atoms with Crippen LogP contribution in [-0.2, 0) is 11.2 Å². The molecule has 0 aliphatic heterocycles. The summed E-state index contributed by atoms with van der Waals surface area (Å²) in [6.07, 6.45) is 2.01. The largest absolute Gasteiger partial charge is 0.443 e. The quantitative estimate of drug-likeness (QED) is 0.921. The Hall–Kier alpha value is -1.52. The van der Waals surface area contributed by atoms with Crippen LogP contribution in [0.15, 0.2) is 24.4 Å². The van der Waals surface area contributed by atoms with Gasteiger partial charge < -0.3 is 10.5 Å². The molecule has 5 heteroatoms. The van der Waals surface area contributed by atoms with E-state index in [-0.39, 0.29) is 0 Å². The Morgan fingerprint density at radius 2 is 2.10 bits per heavy atom.